The number of carbonyl (C=O) groups is 2. The van der Waals surface area contributed by atoms with Crippen molar-refractivity contribution in [1.82, 2.24) is 5.32 Å². The molecule has 1 atom stereocenters. The fraction of sp³-hybridized carbons (Fsp3) is 0.500. The van der Waals surface area contributed by atoms with Crippen LogP contribution in [-0.2, 0) is 16.1 Å². The number of rotatable bonds is 11. The Hall–Kier alpha value is -1.34. The Bertz CT molecular complexity index is 470. The number of benzene rings is 1. The minimum atomic E-state index is -1.04. The lowest BCUT2D eigenvalue weighted by molar-refractivity contribution is -0.139. The van der Waals surface area contributed by atoms with Crippen LogP contribution in [0.25, 0.3) is 0 Å². The molecule has 1 amide bonds. The van der Waals surface area contributed by atoms with Crippen molar-refractivity contribution in [1.29, 1.82) is 0 Å². The van der Waals surface area contributed by atoms with E-state index in [-0.39, 0.29) is 6.61 Å². The molecule has 0 aliphatic carbocycles. The van der Waals surface area contributed by atoms with Crippen LogP contribution >= 0.6 is 23.5 Å². The summed E-state index contributed by atoms with van der Waals surface area (Å²) in [6, 6.07) is 8.35. The first kappa shape index (κ1) is 19.7. The fourth-order valence-corrected chi connectivity index (χ4v) is 3.57. The van der Waals surface area contributed by atoms with Gasteiger partial charge >= 0.3 is 12.1 Å². The first-order valence-electron chi connectivity index (χ1n) is 7.49. The summed E-state index contributed by atoms with van der Waals surface area (Å²) in [5, 5.41) is 11.6. The molecule has 23 heavy (non-hydrogen) atoms. The second-order valence-corrected chi connectivity index (χ2v) is 7.31. The fourth-order valence-electron chi connectivity index (χ4n) is 1.73. The summed E-state index contributed by atoms with van der Waals surface area (Å²) in [7, 11) is 0. The third-order valence-electron chi connectivity index (χ3n) is 2.93. The predicted molar refractivity (Wildman–Crippen MR) is 96.1 cm³/mol. The molecule has 0 aromatic heterocycles. The molecule has 7 heteroatoms. The molecule has 128 valence electrons. The Morgan fingerprint density at radius 2 is 1.87 bits per heavy atom. The van der Waals surface area contributed by atoms with Gasteiger partial charge in [0.05, 0.1) is 0 Å². The van der Waals surface area contributed by atoms with Crippen LogP contribution in [0.3, 0.4) is 0 Å². The van der Waals surface area contributed by atoms with Gasteiger partial charge in [0.1, 0.15) is 12.6 Å². The van der Waals surface area contributed by atoms with Gasteiger partial charge in [-0.05, 0) is 23.5 Å². The first-order chi connectivity index (χ1) is 11.1. The van der Waals surface area contributed by atoms with Crippen LogP contribution in [0, 0.1) is 0 Å². The number of aliphatic carboxylic acids is 1. The summed E-state index contributed by atoms with van der Waals surface area (Å²) in [6.45, 7) is 2.24. The van der Waals surface area contributed by atoms with E-state index in [0.29, 0.717) is 12.2 Å². The number of alkyl carbamates (subject to hydrolysis) is 1. The molecule has 1 unspecified atom stereocenters. The summed E-state index contributed by atoms with van der Waals surface area (Å²) in [6.07, 6.45) is -0.315. The van der Waals surface area contributed by atoms with E-state index in [0.717, 1.165) is 22.8 Å². The molecule has 2 N–H and O–H groups in total. The second kappa shape index (κ2) is 12.1. The Morgan fingerprint density at radius 1 is 1.17 bits per heavy atom. The van der Waals surface area contributed by atoms with Crippen molar-refractivity contribution < 1.29 is 19.4 Å². The lowest BCUT2D eigenvalue weighted by Gasteiger charge is -2.14. The van der Waals surface area contributed by atoms with E-state index in [1.54, 1.807) is 11.8 Å². The molecule has 0 saturated heterocycles. The number of carboxylic acids is 1. The number of amides is 1. The third-order valence-corrected chi connectivity index (χ3v) is 5.11. The third kappa shape index (κ3) is 9.40. The normalized spacial score (nSPS) is 11.7. The Morgan fingerprint density at radius 3 is 2.52 bits per heavy atom. The quantitative estimate of drug-likeness (QED) is 0.592. The maximum Gasteiger partial charge on any atom is 0.408 e. The lowest BCUT2D eigenvalue weighted by Crippen LogP contribution is -2.41. The van der Waals surface area contributed by atoms with Gasteiger partial charge in [-0.15, -0.1) is 0 Å². The number of thioether (sulfide) groups is 2. The average Bonchev–Trinajstić information content (AvgIpc) is 2.55. The minimum Gasteiger partial charge on any atom is -0.480 e. The van der Waals surface area contributed by atoms with Crippen molar-refractivity contribution in [3.8, 4) is 0 Å². The first-order valence-corrected chi connectivity index (χ1v) is 9.80. The highest BCUT2D eigenvalue weighted by atomic mass is 32.2. The summed E-state index contributed by atoms with van der Waals surface area (Å²) < 4.78 is 5.04. The molecule has 1 aromatic rings. The van der Waals surface area contributed by atoms with Crippen LogP contribution in [0.2, 0.25) is 0 Å². The molecule has 0 aliphatic heterocycles. The van der Waals surface area contributed by atoms with E-state index >= 15 is 0 Å². The number of hydrogen-bond acceptors (Lipinski definition) is 5. The topological polar surface area (TPSA) is 75.6 Å². The van der Waals surface area contributed by atoms with Gasteiger partial charge in [0, 0.05) is 11.5 Å². The number of hydrogen-bond donors (Lipinski definition) is 2. The van der Waals surface area contributed by atoms with Crippen LogP contribution < -0.4 is 5.32 Å². The number of ether oxygens (including phenoxy) is 1. The number of carbonyl (C=O) groups excluding carboxylic acids is 1. The summed E-state index contributed by atoms with van der Waals surface area (Å²) in [4.78, 5) is 22.9. The van der Waals surface area contributed by atoms with Crippen molar-refractivity contribution in [2.45, 2.75) is 26.0 Å². The highest BCUT2D eigenvalue weighted by molar-refractivity contribution is 8.02. The van der Waals surface area contributed by atoms with Crippen LogP contribution in [0.1, 0.15) is 18.9 Å². The monoisotopic (exact) mass is 357 g/mol. The molecule has 0 fully saturated rings. The lowest BCUT2D eigenvalue weighted by atomic mass is 10.2. The maximum absolute atomic E-state index is 11.7. The zero-order valence-corrected chi connectivity index (χ0v) is 14.8. The van der Waals surface area contributed by atoms with Gasteiger partial charge < -0.3 is 15.2 Å². The van der Waals surface area contributed by atoms with Crippen molar-refractivity contribution in [3.63, 3.8) is 0 Å². The number of carboxylic acid groups (broad SMARTS) is 1. The molecule has 0 saturated carbocycles. The highest BCUT2D eigenvalue weighted by Gasteiger charge is 2.20. The summed E-state index contributed by atoms with van der Waals surface area (Å²) in [5.74, 6) is 2.80. The highest BCUT2D eigenvalue weighted by Crippen LogP contribution is 2.09. The Balaban J connectivity index is 2.25. The molecule has 1 rings (SSSR count). The molecule has 1 aromatic carbocycles. The largest absolute Gasteiger partial charge is 0.480 e. The Kier molecular flexibility index (Phi) is 10.4. The molecule has 5 nitrogen and oxygen atoms in total. The standard InChI is InChI=1S/C16H23NO4S2/c1-2-22-10-11-23-9-8-14(15(18)19)17-16(20)21-12-13-6-4-3-5-7-13/h3-7,14H,2,8-12H2,1H3,(H,17,20)(H,18,19). The van der Waals surface area contributed by atoms with Crippen molar-refractivity contribution >= 4 is 35.6 Å². The maximum atomic E-state index is 11.7. The van der Waals surface area contributed by atoms with Crippen molar-refractivity contribution in [2.75, 3.05) is 23.0 Å². The van der Waals surface area contributed by atoms with Crippen LogP contribution in [-0.4, -0.2) is 46.2 Å². The minimum absolute atomic E-state index is 0.127. The van der Waals surface area contributed by atoms with Gasteiger partial charge in [-0.3, -0.25) is 0 Å². The molecule has 0 heterocycles. The summed E-state index contributed by atoms with van der Waals surface area (Å²) in [5.41, 5.74) is 0.860. The van der Waals surface area contributed by atoms with E-state index in [4.69, 9.17) is 9.84 Å². The summed E-state index contributed by atoms with van der Waals surface area (Å²) >= 11 is 3.56. The van der Waals surface area contributed by atoms with Gasteiger partial charge in [0.2, 0.25) is 0 Å². The number of nitrogens with one attached hydrogen (secondary N) is 1. The smallest absolute Gasteiger partial charge is 0.408 e. The molecular formula is C16H23NO4S2. The molecule has 0 aliphatic rings. The van der Waals surface area contributed by atoms with E-state index < -0.39 is 18.1 Å². The van der Waals surface area contributed by atoms with Crippen LogP contribution in [0.5, 0.6) is 0 Å². The van der Waals surface area contributed by atoms with Crippen LogP contribution in [0.4, 0.5) is 4.79 Å². The second-order valence-electron chi connectivity index (χ2n) is 4.69. The molecule has 0 bridgehead atoms. The van der Waals surface area contributed by atoms with E-state index in [9.17, 15) is 9.59 Å². The van der Waals surface area contributed by atoms with E-state index in [1.165, 1.54) is 0 Å². The molecule has 0 radical (unpaired) electrons. The molecule has 0 spiro atoms. The van der Waals surface area contributed by atoms with Gasteiger partial charge in [-0.2, -0.15) is 23.5 Å². The zero-order valence-electron chi connectivity index (χ0n) is 13.2. The van der Waals surface area contributed by atoms with E-state index in [2.05, 4.69) is 12.2 Å². The van der Waals surface area contributed by atoms with Crippen LogP contribution in [0.15, 0.2) is 30.3 Å². The van der Waals surface area contributed by atoms with E-state index in [1.807, 2.05) is 42.1 Å². The predicted octanol–water partition coefficient (Wildman–Crippen LogP) is 3.24. The van der Waals surface area contributed by atoms with Gasteiger partial charge in [0.15, 0.2) is 0 Å². The van der Waals surface area contributed by atoms with Gasteiger partial charge in [0.25, 0.3) is 0 Å². The average molecular weight is 357 g/mol. The SMILES string of the molecule is CCSCCSCCC(NC(=O)OCc1ccccc1)C(=O)O. The van der Waals surface area contributed by atoms with Crippen molar-refractivity contribution in [3.05, 3.63) is 35.9 Å². The zero-order chi connectivity index (χ0) is 16.9. The van der Waals surface area contributed by atoms with Crippen molar-refractivity contribution in [2.24, 2.45) is 0 Å². The van der Waals surface area contributed by atoms with Gasteiger partial charge in [-0.1, -0.05) is 37.3 Å². The molecular weight excluding hydrogens is 334 g/mol. The Labute approximate surface area is 145 Å². The van der Waals surface area contributed by atoms with Gasteiger partial charge in [-0.25, -0.2) is 9.59 Å².